The van der Waals surface area contributed by atoms with Crippen LogP contribution in [0.1, 0.15) is 17.4 Å². The minimum absolute atomic E-state index is 0.0717. The highest BCUT2D eigenvalue weighted by atomic mass is 35.5. The third-order valence-corrected chi connectivity index (χ3v) is 2.82. The molecule has 2 rings (SSSR count). The van der Waals surface area contributed by atoms with Crippen molar-refractivity contribution in [3.05, 3.63) is 23.8 Å². The topological polar surface area (TPSA) is 15.6 Å². The third kappa shape index (κ3) is 1.62. The van der Waals surface area contributed by atoms with E-state index in [-0.39, 0.29) is 5.38 Å². The lowest BCUT2D eigenvalue weighted by molar-refractivity contribution is 0.977. The van der Waals surface area contributed by atoms with Gasteiger partial charge in [0.05, 0.1) is 11.1 Å². The number of hydrogen-bond donors (Lipinski definition) is 0. The molecule has 1 atom stereocenters. The van der Waals surface area contributed by atoms with Crippen LogP contribution >= 0.6 is 11.6 Å². The minimum Gasteiger partial charge on any atom is -0.378 e. The van der Waals surface area contributed by atoms with Gasteiger partial charge in [0.15, 0.2) is 0 Å². The molecule has 0 saturated carbocycles. The summed E-state index contributed by atoms with van der Waals surface area (Å²) in [5.74, 6) is 0. The Morgan fingerprint density at radius 1 is 1.43 bits per heavy atom. The van der Waals surface area contributed by atoms with Crippen LogP contribution in [0.15, 0.2) is 23.2 Å². The number of halogens is 1. The fraction of sp³-hybridized carbons (Fsp3) is 0.364. The first-order valence-electron chi connectivity index (χ1n) is 4.66. The molecule has 0 N–H and O–H groups in total. The van der Waals surface area contributed by atoms with Crippen LogP contribution in [-0.2, 0) is 0 Å². The number of aliphatic imine (C=N–C) groups is 1. The van der Waals surface area contributed by atoms with Gasteiger partial charge in [0.1, 0.15) is 0 Å². The standard InChI is InChI=1S/C11H13ClN2/c1-14(2)8-3-4-11-9(7-8)10(12)5-6-13-11/h3-4,6-7,10H,5H2,1-2H3. The molecule has 0 bridgehead atoms. The fourth-order valence-electron chi connectivity index (χ4n) is 1.56. The van der Waals surface area contributed by atoms with E-state index in [2.05, 4.69) is 22.0 Å². The molecule has 1 unspecified atom stereocenters. The SMILES string of the molecule is CN(C)c1ccc2c(c1)C(Cl)CC=N2. The maximum absolute atomic E-state index is 6.21. The summed E-state index contributed by atoms with van der Waals surface area (Å²) < 4.78 is 0. The van der Waals surface area contributed by atoms with Crippen molar-refractivity contribution in [2.24, 2.45) is 4.99 Å². The summed E-state index contributed by atoms with van der Waals surface area (Å²) in [6, 6.07) is 6.20. The number of anilines is 1. The molecule has 0 radical (unpaired) electrons. The molecule has 0 aromatic heterocycles. The van der Waals surface area contributed by atoms with E-state index in [1.165, 1.54) is 5.69 Å². The largest absolute Gasteiger partial charge is 0.378 e. The van der Waals surface area contributed by atoms with Gasteiger partial charge in [-0.15, -0.1) is 11.6 Å². The van der Waals surface area contributed by atoms with Crippen molar-refractivity contribution in [3.8, 4) is 0 Å². The summed E-state index contributed by atoms with van der Waals surface area (Å²) in [7, 11) is 4.05. The first kappa shape index (κ1) is 9.53. The summed E-state index contributed by atoms with van der Waals surface area (Å²) >= 11 is 6.21. The summed E-state index contributed by atoms with van der Waals surface area (Å²) in [5, 5.41) is 0.0717. The quantitative estimate of drug-likeness (QED) is 0.648. The smallest absolute Gasteiger partial charge is 0.0674 e. The average Bonchev–Trinajstić information content (AvgIpc) is 2.18. The second kappa shape index (κ2) is 3.62. The van der Waals surface area contributed by atoms with Gasteiger partial charge in [-0.3, -0.25) is 4.99 Å². The van der Waals surface area contributed by atoms with Crippen molar-refractivity contribution in [3.63, 3.8) is 0 Å². The molecule has 1 aromatic rings. The zero-order valence-electron chi connectivity index (χ0n) is 8.37. The molecule has 1 aromatic carbocycles. The van der Waals surface area contributed by atoms with E-state index in [1.807, 2.05) is 26.4 Å². The van der Waals surface area contributed by atoms with E-state index in [9.17, 15) is 0 Å². The Morgan fingerprint density at radius 3 is 2.93 bits per heavy atom. The summed E-state index contributed by atoms with van der Waals surface area (Å²) in [6.45, 7) is 0. The number of nitrogens with zero attached hydrogens (tertiary/aromatic N) is 2. The highest BCUT2D eigenvalue weighted by molar-refractivity contribution is 6.22. The van der Waals surface area contributed by atoms with E-state index in [4.69, 9.17) is 11.6 Å². The Bertz CT molecular complexity index is 372. The molecule has 2 nitrogen and oxygen atoms in total. The Hall–Kier alpha value is -1.02. The first-order valence-corrected chi connectivity index (χ1v) is 5.10. The zero-order chi connectivity index (χ0) is 10.1. The molecule has 0 spiro atoms. The molecule has 14 heavy (non-hydrogen) atoms. The lowest BCUT2D eigenvalue weighted by Crippen LogP contribution is -2.09. The molecule has 0 aliphatic carbocycles. The van der Waals surface area contributed by atoms with Crippen molar-refractivity contribution in [1.82, 2.24) is 0 Å². The van der Waals surface area contributed by atoms with Gasteiger partial charge in [-0.25, -0.2) is 0 Å². The van der Waals surface area contributed by atoms with Gasteiger partial charge in [0.2, 0.25) is 0 Å². The van der Waals surface area contributed by atoms with Gasteiger partial charge in [-0.1, -0.05) is 0 Å². The maximum atomic E-state index is 6.21. The molecular weight excluding hydrogens is 196 g/mol. The van der Waals surface area contributed by atoms with Crippen LogP contribution in [0.2, 0.25) is 0 Å². The molecule has 1 heterocycles. The highest BCUT2D eigenvalue weighted by Crippen LogP contribution is 2.37. The van der Waals surface area contributed by atoms with Crippen molar-refractivity contribution in [2.45, 2.75) is 11.8 Å². The normalized spacial score (nSPS) is 19.2. The van der Waals surface area contributed by atoms with Crippen molar-refractivity contribution < 1.29 is 0 Å². The lowest BCUT2D eigenvalue weighted by Gasteiger charge is -2.19. The second-order valence-electron chi connectivity index (χ2n) is 3.65. The van der Waals surface area contributed by atoms with Gasteiger partial charge in [-0.05, 0) is 23.8 Å². The highest BCUT2D eigenvalue weighted by Gasteiger charge is 2.15. The van der Waals surface area contributed by atoms with Gasteiger partial charge in [0.25, 0.3) is 0 Å². The van der Waals surface area contributed by atoms with Crippen LogP contribution in [0.5, 0.6) is 0 Å². The Labute approximate surface area is 89.2 Å². The maximum Gasteiger partial charge on any atom is 0.0674 e. The van der Waals surface area contributed by atoms with E-state index >= 15 is 0 Å². The van der Waals surface area contributed by atoms with E-state index < -0.39 is 0 Å². The number of benzene rings is 1. The van der Waals surface area contributed by atoms with Crippen LogP contribution < -0.4 is 4.90 Å². The monoisotopic (exact) mass is 208 g/mol. The summed E-state index contributed by atoms with van der Waals surface area (Å²) in [4.78, 5) is 6.39. The first-order chi connectivity index (χ1) is 6.68. The van der Waals surface area contributed by atoms with E-state index in [0.717, 1.165) is 17.7 Å². The molecule has 1 aliphatic rings. The molecular formula is C11H13ClN2. The number of rotatable bonds is 1. The number of hydrogen-bond acceptors (Lipinski definition) is 2. The molecule has 1 aliphatic heterocycles. The van der Waals surface area contributed by atoms with Crippen molar-refractivity contribution in [2.75, 3.05) is 19.0 Å². The Kier molecular flexibility index (Phi) is 2.46. The van der Waals surface area contributed by atoms with Crippen LogP contribution in [0, 0.1) is 0 Å². The minimum atomic E-state index is 0.0717. The van der Waals surface area contributed by atoms with Crippen molar-refractivity contribution in [1.29, 1.82) is 0 Å². The van der Waals surface area contributed by atoms with Crippen LogP contribution in [0.4, 0.5) is 11.4 Å². The molecule has 0 amide bonds. The number of alkyl halides is 1. The third-order valence-electron chi connectivity index (χ3n) is 2.41. The van der Waals surface area contributed by atoms with Gasteiger partial charge in [0, 0.05) is 32.4 Å². The van der Waals surface area contributed by atoms with E-state index in [0.29, 0.717) is 0 Å². The molecule has 74 valence electrons. The molecule has 0 fully saturated rings. The van der Waals surface area contributed by atoms with Gasteiger partial charge < -0.3 is 4.90 Å². The average molecular weight is 209 g/mol. The van der Waals surface area contributed by atoms with Gasteiger partial charge >= 0.3 is 0 Å². The summed E-state index contributed by atoms with van der Waals surface area (Å²) in [5.41, 5.74) is 3.31. The summed E-state index contributed by atoms with van der Waals surface area (Å²) in [6.07, 6.45) is 2.71. The second-order valence-corrected chi connectivity index (χ2v) is 4.18. The zero-order valence-corrected chi connectivity index (χ0v) is 9.12. The fourth-order valence-corrected chi connectivity index (χ4v) is 1.81. The molecule has 3 heteroatoms. The van der Waals surface area contributed by atoms with Crippen LogP contribution in [0.3, 0.4) is 0 Å². The van der Waals surface area contributed by atoms with Crippen LogP contribution in [-0.4, -0.2) is 20.3 Å². The Morgan fingerprint density at radius 2 is 2.21 bits per heavy atom. The predicted molar refractivity (Wildman–Crippen MR) is 62.1 cm³/mol. The lowest BCUT2D eigenvalue weighted by atomic mass is 10.0. The van der Waals surface area contributed by atoms with E-state index in [1.54, 1.807) is 0 Å². The van der Waals surface area contributed by atoms with Gasteiger partial charge in [-0.2, -0.15) is 0 Å². The number of fused-ring (bicyclic) bond motifs is 1. The molecule has 0 saturated heterocycles. The van der Waals surface area contributed by atoms with Crippen LogP contribution in [0.25, 0.3) is 0 Å². The Balaban J connectivity index is 2.47. The van der Waals surface area contributed by atoms with Crippen molar-refractivity contribution >= 4 is 29.2 Å². The predicted octanol–water partition coefficient (Wildman–Crippen LogP) is 3.14.